The summed E-state index contributed by atoms with van der Waals surface area (Å²) in [5.74, 6) is 0.378. The average Bonchev–Trinajstić information content (AvgIpc) is 2.51. The molecular weight excluding hydrogens is 280 g/mol. The Hall–Kier alpha value is -1.35. The van der Waals surface area contributed by atoms with Crippen molar-refractivity contribution in [2.45, 2.75) is 25.4 Å². The SMILES string of the molecule is CC(c1ccccc1)C(CN)N(C)Cc1ccccc1Cl. The van der Waals surface area contributed by atoms with Crippen LogP contribution in [0.4, 0.5) is 0 Å². The van der Waals surface area contributed by atoms with Gasteiger partial charge in [0.15, 0.2) is 0 Å². The van der Waals surface area contributed by atoms with Crippen LogP contribution in [0.2, 0.25) is 5.02 Å². The monoisotopic (exact) mass is 302 g/mol. The Morgan fingerprint density at radius 2 is 1.67 bits per heavy atom. The lowest BCUT2D eigenvalue weighted by Gasteiger charge is -2.32. The summed E-state index contributed by atoms with van der Waals surface area (Å²) in [5, 5.41) is 0.812. The van der Waals surface area contributed by atoms with E-state index in [9.17, 15) is 0 Å². The van der Waals surface area contributed by atoms with Crippen molar-refractivity contribution in [2.24, 2.45) is 5.73 Å². The third kappa shape index (κ3) is 4.07. The van der Waals surface area contributed by atoms with Crippen LogP contribution in [-0.4, -0.2) is 24.5 Å². The Balaban J connectivity index is 2.12. The zero-order valence-corrected chi connectivity index (χ0v) is 13.4. The van der Waals surface area contributed by atoms with Gasteiger partial charge in [0.05, 0.1) is 0 Å². The van der Waals surface area contributed by atoms with Gasteiger partial charge in [-0.3, -0.25) is 4.90 Å². The van der Waals surface area contributed by atoms with Gasteiger partial charge in [-0.15, -0.1) is 0 Å². The molecule has 0 saturated heterocycles. The molecule has 0 amide bonds. The molecule has 0 aliphatic carbocycles. The molecule has 2 nitrogen and oxygen atoms in total. The Morgan fingerprint density at radius 1 is 1.05 bits per heavy atom. The van der Waals surface area contributed by atoms with Crippen LogP contribution in [0, 0.1) is 0 Å². The van der Waals surface area contributed by atoms with E-state index < -0.39 is 0 Å². The molecule has 0 spiro atoms. The molecule has 0 bridgehead atoms. The van der Waals surface area contributed by atoms with Crippen molar-refractivity contribution in [1.82, 2.24) is 4.90 Å². The lowest BCUT2D eigenvalue weighted by Crippen LogP contribution is -2.41. The molecule has 0 aliphatic rings. The van der Waals surface area contributed by atoms with Gasteiger partial charge in [-0.1, -0.05) is 67.1 Å². The summed E-state index contributed by atoms with van der Waals surface area (Å²) in [6.07, 6.45) is 0. The number of rotatable bonds is 6. The molecule has 0 aromatic heterocycles. The molecular formula is C18H23ClN2. The molecule has 3 heteroatoms. The number of hydrogen-bond acceptors (Lipinski definition) is 2. The van der Waals surface area contributed by atoms with E-state index in [1.54, 1.807) is 0 Å². The summed E-state index contributed by atoms with van der Waals surface area (Å²) < 4.78 is 0. The van der Waals surface area contributed by atoms with Gasteiger partial charge in [-0.25, -0.2) is 0 Å². The molecule has 0 fully saturated rings. The highest BCUT2D eigenvalue weighted by Gasteiger charge is 2.22. The third-order valence-electron chi connectivity index (χ3n) is 4.09. The first-order valence-corrected chi connectivity index (χ1v) is 7.70. The number of benzene rings is 2. The van der Waals surface area contributed by atoms with Crippen LogP contribution in [-0.2, 0) is 6.54 Å². The van der Waals surface area contributed by atoms with Crippen molar-refractivity contribution in [3.8, 4) is 0 Å². The molecule has 2 atom stereocenters. The molecule has 112 valence electrons. The second-order valence-electron chi connectivity index (χ2n) is 5.51. The van der Waals surface area contributed by atoms with E-state index in [2.05, 4.69) is 49.2 Å². The van der Waals surface area contributed by atoms with Gasteiger partial charge in [-0.2, -0.15) is 0 Å². The van der Waals surface area contributed by atoms with E-state index >= 15 is 0 Å². The molecule has 0 saturated carbocycles. The topological polar surface area (TPSA) is 29.3 Å². The fourth-order valence-corrected chi connectivity index (χ4v) is 2.95. The van der Waals surface area contributed by atoms with Crippen molar-refractivity contribution in [3.63, 3.8) is 0 Å². The summed E-state index contributed by atoms with van der Waals surface area (Å²) in [7, 11) is 2.11. The van der Waals surface area contributed by atoms with Gasteiger partial charge >= 0.3 is 0 Å². The van der Waals surface area contributed by atoms with Crippen LogP contribution in [0.5, 0.6) is 0 Å². The van der Waals surface area contributed by atoms with E-state index in [0.29, 0.717) is 12.5 Å². The quantitative estimate of drug-likeness (QED) is 0.877. The summed E-state index contributed by atoms with van der Waals surface area (Å²) in [5.41, 5.74) is 8.49. The van der Waals surface area contributed by atoms with Gasteiger partial charge in [0.2, 0.25) is 0 Å². The van der Waals surface area contributed by atoms with Gasteiger partial charge in [0.25, 0.3) is 0 Å². The molecule has 21 heavy (non-hydrogen) atoms. The van der Waals surface area contributed by atoms with Crippen molar-refractivity contribution in [3.05, 3.63) is 70.7 Å². The standard InChI is InChI=1S/C18H23ClN2/c1-14(15-8-4-3-5-9-15)18(12-20)21(2)13-16-10-6-7-11-17(16)19/h3-11,14,18H,12-13,20H2,1-2H3. The van der Waals surface area contributed by atoms with E-state index in [-0.39, 0.29) is 6.04 Å². The first-order chi connectivity index (χ1) is 10.1. The molecule has 2 N–H and O–H groups in total. The van der Waals surface area contributed by atoms with Crippen molar-refractivity contribution >= 4 is 11.6 Å². The predicted molar refractivity (Wildman–Crippen MR) is 90.6 cm³/mol. The Kier molecular flexibility index (Phi) is 5.80. The number of hydrogen-bond donors (Lipinski definition) is 1. The first-order valence-electron chi connectivity index (χ1n) is 7.32. The third-order valence-corrected chi connectivity index (χ3v) is 4.46. The molecule has 0 aliphatic heterocycles. The van der Waals surface area contributed by atoms with Crippen LogP contribution < -0.4 is 5.73 Å². The number of nitrogens with zero attached hydrogens (tertiary/aromatic N) is 1. The van der Waals surface area contributed by atoms with E-state index in [4.69, 9.17) is 17.3 Å². The van der Waals surface area contributed by atoms with Gasteiger partial charge in [0, 0.05) is 24.2 Å². The Bertz CT molecular complexity index is 556. The normalized spacial score (nSPS) is 14.1. The zero-order valence-electron chi connectivity index (χ0n) is 12.7. The Labute approximate surface area is 132 Å². The maximum absolute atomic E-state index is 6.25. The van der Waals surface area contributed by atoms with E-state index in [1.807, 2.05) is 24.3 Å². The molecule has 2 aromatic carbocycles. The lowest BCUT2D eigenvalue weighted by atomic mass is 9.92. The highest BCUT2D eigenvalue weighted by Crippen LogP contribution is 2.24. The van der Waals surface area contributed by atoms with Crippen LogP contribution >= 0.6 is 11.6 Å². The summed E-state index contributed by atoms with van der Waals surface area (Å²) in [4.78, 5) is 2.29. The van der Waals surface area contributed by atoms with Gasteiger partial charge < -0.3 is 5.73 Å². The minimum Gasteiger partial charge on any atom is -0.329 e. The predicted octanol–water partition coefficient (Wildman–Crippen LogP) is 3.90. The summed E-state index contributed by atoms with van der Waals surface area (Å²) in [6, 6.07) is 18.8. The molecule has 0 radical (unpaired) electrons. The average molecular weight is 303 g/mol. The number of halogens is 1. The van der Waals surface area contributed by atoms with Gasteiger partial charge in [-0.05, 0) is 30.2 Å². The molecule has 2 aromatic rings. The van der Waals surface area contributed by atoms with Crippen molar-refractivity contribution < 1.29 is 0 Å². The van der Waals surface area contributed by atoms with E-state index in [1.165, 1.54) is 5.56 Å². The van der Waals surface area contributed by atoms with Crippen LogP contribution in [0.1, 0.15) is 24.0 Å². The van der Waals surface area contributed by atoms with Crippen LogP contribution in [0.15, 0.2) is 54.6 Å². The fraction of sp³-hybridized carbons (Fsp3) is 0.333. The second kappa shape index (κ2) is 7.60. The van der Waals surface area contributed by atoms with Crippen LogP contribution in [0.25, 0.3) is 0 Å². The molecule has 2 unspecified atom stereocenters. The fourth-order valence-electron chi connectivity index (χ4n) is 2.76. The minimum absolute atomic E-state index is 0.281. The zero-order chi connectivity index (χ0) is 15.2. The lowest BCUT2D eigenvalue weighted by molar-refractivity contribution is 0.213. The Morgan fingerprint density at radius 3 is 2.29 bits per heavy atom. The molecule has 0 heterocycles. The van der Waals surface area contributed by atoms with E-state index in [0.717, 1.165) is 17.1 Å². The van der Waals surface area contributed by atoms with Crippen LogP contribution in [0.3, 0.4) is 0 Å². The number of likely N-dealkylation sites (N-methyl/N-ethyl adjacent to an activating group) is 1. The van der Waals surface area contributed by atoms with Crippen molar-refractivity contribution in [2.75, 3.05) is 13.6 Å². The summed E-state index contributed by atoms with van der Waals surface area (Å²) >= 11 is 6.25. The minimum atomic E-state index is 0.281. The molecule has 2 rings (SSSR count). The highest BCUT2D eigenvalue weighted by atomic mass is 35.5. The number of nitrogens with two attached hydrogens (primary N) is 1. The second-order valence-corrected chi connectivity index (χ2v) is 5.92. The highest BCUT2D eigenvalue weighted by molar-refractivity contribution is 6.31. The maximum atomic E-state index is 6.25. The summed E-state index contributed by atoms with van der Waals surface area (Å²) in [6.45, 7) is 3.66. The largest absolute Gasteiger partial charge is 0.329 e. The smallest absolute Gasteiger partial charge is 0.0451 e. The van der Waals surface area contributed by atoms with Gasteiger partial charge in [0.1, 0.15) is 0 Å². The van der Waals surface area contributed by atoms with Crippen molar-refractivity contribution in [1.29, 1.82) is 0 Å². The maximum Gasteiger partial charge on any atom is 0.0451 e. The first kappa shape index (κ1) is 16.0.